The highest BCUT2D eigenvalue weighted by Crippen LogP contribution is 2.19. The van der Waals surface area contributed by atoms with Gasteiger partial charge in [-0.15, -0.1) is 0 Å². The molecule has 0 spiro atoms. The van der Waals surface area contributed by atoms with Crippen LogP contribution in [0.3, 0.4) is 0 Å². The maximum Gasteiger partial charge on any atom is 0.260 e. The van der Waals surface area contributed by atoms with Gasteiger partial charge in [0.2, 0.25) is 5.91 Å². The Balaban J connectivity index is 1.83. The van der Waals surface area contributed by atoms with Crippen molar-refractivity contribution in [1.82, 2.24) is 4.90 Å². The molecule has 0 aliphatic carbocycles. The number of carbonyl (C=O) groups is 2. The number of aryl methyl sites for hydroxylation is 1. The average molecular weight is 391 g/mol. The first-order valence-corrected chi connectivity index (χ1v) is 8.23. The highest BCUT2D eigenvalue weighted by Gasteiger charge is 2.14. The largest absolute Gasteiger partial charge is 0.484 e. The molecule has 0 saturated carbocycles. The van der Waals surface area contributed by atoms with E-state index < -0.39 is 0 Å². The van der Waals surface area contributed by atoms with Gasteiger partial charge in [0, 0.05) is 17.2 Å². The summed E-state index contributed by atoms with van der Waals surface area (Å²) in [5, 5.41) is 2.80. The Morgan fingerprint density at radius 2 is 1.88 bits per heavy atom. The molecule has 0 aromatic heterocycles. The van der Waals surface area contributed by atoms with E-state index >= 15 is 0 Å². The van der Waals surface area contributed by atoms with Crippen molar-refractivity contribution in [2.24, 2.45) is 0 Å². The quantitative estimate of drug-likeness (QED) is 0.823. The van der Waals surface area contributed by atoms with Crippen LogP contribution in [0.4, 0.5) is 5.69 Å². The Bertz CT molecular complexity index is 719. The second kappa shape index (κ2) is 8.49. The summed E-state index contributed by atoms with van der Waals surface area (Å²) in [6.45, 7) is 1.76. The van der Waals surface area contributed by atoms with Crippen molar-refractivity contribution in [2.75, 3.05) is 25.5 Å². The van der Waals surface area contributed by atoms with Gasteiger partial charge in [0.05, 0.1) is 6.54 Å². The van der Waals surface area contributed by atoms with E-state index in [2.05, 4.69) is 21.2 Å². The summed E-state index contributed by atoms with van der Waals surface area (Å²) in [4.78, 5) is 25.5. The standard InChI is InChI=1S/C18H19BrN2O3/c1-13-10-14(19)8-9-16(13)20-17(22)11-21(2)18(23)12-24-15-6-4-3-5-7-15/h3-10H,11-12H2,1-2H3,(H,20,22). The maximum absolute atomic E-state index is 12.1. The van der Waals surface area contributed by atoms with Gasteiger partial charge < -0.3 is 15.0 Å². The van der Waals surface area contributed by atoms with Gasteiger partial charge in [-0.25, -0.2) is 0 Å². The lowest BCUT2D eigenvalue weighted by Crippen LogP contribution is -2.37. The molecule has 2 amide bonds. The third-order valence-corrected chi connectivity index (χ3v) is 3.87. The zero-order valence-electron chi connectivity index (χ0n) is 13.6. The Labute approximate surface area is 149 Å². The van der Waals surface area contributed by atoms with Crippen LogP contribution in [0, 0.1) is 6.92 Å². The number of rotatable bonds is 6. The lowest BCUT2D eigenvalue weighted by atomic mass is 10.2. The average Bonchev–Trinajstić information content (AvgIpc) is 2.56. The summed E-state index contributed by atoms with van der Waals surface area (Å²) >= 11 is 3.38. The van der Waals surface area contributed by atoms with Gasteiger partial charge in [-0.05, 0) is 42.8 Å². The van der Waals surface area contributed by atoms with Crippen molar-refractivity contribution in [3.05, 3.63) is 58.6 Å². The molecule has 0 bridgehead atoms. The van der Waals surface area contributed by atoms with Crippen LogP contribution in [-0.2, 0) is 9.59 Å². The second-order valence-electron chi connectivity index (χ2n) is 5.36. The Kier molecular flexibility index (Phi) is 6.37. The monoisotopic (exact) mass is 390 g/mol. The Morgan fingerprint density at radius 1 is 1.17 bits per heavy atom. The van der Waals surface area contributed by atoms with Crippen LogP contribution in [0.25, 0.3) is 0 Å². The summed E-state index contributed by atoms with van der Waals surface area (Å²) in [6, 6.07) is 14.7. The summed E-state index contributed by atoms with van der Waals surface area (Å²) in [7, 11) is 1.57. The van der Waals surface area contributed by atoms with Crippen LogP contribution in [0.1, 0.15) is 5.56 Å². The number of hydrogen-bond donors (Lipinski definition) is 1. The van der Waals surface area contributed by atoms with Crippen molar-refractivity contribution in [3.8, 4) is 5.75 Å². The first-order chi connectivity index (χ1) is 11.5. The topological polar surface area (TPSA) is 58.6 Å². The number of amides is 2. The predicted octanol–water partition coefficient (Wildman–Crippen LogP) is 3.23. The van der Waals surface area contributed by atoms with Crippen LogP contribution in [0.15, 0.2) is 53.0 Å². The first kappa shape index (κ1) is 18.0. The minimum atomic E-state index is -0.262. The molecule has 6 heteroatoms. The molecule has 0 unspecified atom stereocenters. The van der Waals surface area contributed by atoms with E-state index in [4.69, 9.17) is 4.74 Å². The second-order valence-corrected chi connectivity index (χ2v) is 6.27. The number of likely N-dealkylation sites (N-methyl/N-ethyl adjacent to an activating group) is 1. The Hall–Kier alpha value is -2.34. The molecule has 1 N–H and O–H groups in total. The maximum atomic E-state index is 12.1. The number of nitrogens with zero attached hydrogens (tertiary/aromatic N) is 1. The van der Waals surface area contributed by atoms with E-state index in [0.29, 0.717) is 5.75 Å². The van der Waals surface area contributed by atoms with Gasteiger partial charge in [0.15, 0.2) is 6.61 Å². The van der Waals surface area contributed by atoms with Gasteiger partial charge in [-0.2, -0.15) is 0 Å². The predicted molar refractivity (Wildman–Crippen MR) is 97.1 cm³/mol. The highest BCUT2D eigenvalue weighted by molar-refractivity contribution is 9.10. The summed E-state index contributed by atoms with van der Waals surface area (Å²) in [5.74, 6) is 0.103. The summed E-state index contributed by atoms with van der Waals surface area (Å²) in [6.07, 6.45) is 0. The highest BCUT2D eigenvalue weighted by atomic mass is 79.9. The van der Waals surface area contributed by atoms with Gasteiger partial charge in [-0.3, -0.25) is 9.59 Å². The van der Waals surface area contributed by atoms with Gasteiger partial charge in [0.25, 0.3) is 5.91 Å². The van der Waals surface area contributed by atoms with E-state index in [1.165, 1.54) is 4.90 Å². The molecule has 2 aromatic rings. The molecule has 126 valence electrons. The fraction of sp³-hybridized carbons (Fsp3) is 0.222. The molecule has 0 aliphatic heterocycles. The van der Waals surface area contributed by atoms with E-state index in [1.54, 1.807) is 19.2 Å². The SMILES string of the molecule is Cc1cc(Br)ccc1NC(=O)CN(C)C(=O)COc1ccccc1. The smallest absolute Gasteiger partial charge is 0.260 e. The fourth-order valence-electron chi connectivity index (χ4n) is 2.03. The number of ether oxygens (including phenoxy) is 1. The lowest BCUT2D eigenvalue weighted by Gasteiger charge is -2.17. The van der Waals surface area contributed by atoms with Crippen LogP contribution in [-0.4, -0.2) is 36.9 Å². The number of halogens is 1. The van der Waals surface area contributed by atoms with Crippen LogP contribution < -0.4 is 10.1 Å². The molecule has 0 aliphatic rings. The molecule has 2 aromatic carbocycles. The first-order valence-electron chi connectivity index (χ1n) is 7.43. The van der Waals surface area contributed by atoms with E-state index in [1.807, 2.05) is 43.3 Å². The number of benzene rings is 2. The normalized spacial score (nSPS) is 10.1. The van der Waals surface area contributed by atoms with Crippen LogP contribution >= 0.6 is 15.9 Å². The molecule has 0 heterocycles. The molecular formula is C18H19BrN2O3. The molecule has 5 nitrogen and oxygen atoms in total. The van der Waals surface area contributed by atoms with Crippen molar-refractivity contribution in [2.45, 2.75) is 6.92 Å². The molecule has 0 saturated heterocycles. The number of anilines is 1. The van der Waals surface area contributed by atoms with Gasteiger partial charge in [0.1, 0.15) is 5.75 Å². The molecule has 0 atom stereocenters. The summed E-state index contributed by atoms with van der Waals surface area (Å²) < 4.78 is 6.34. The van der Waals surface area contributed by atoms with E-state index in [-0.39, 0.29) is 25.0 Å². The van der Waals surface area contributed by atoms with Crippen molar-refractivity contribution >= 4 is 33.4 Å². The molecule has 2 rings (SSSR count). The van der Waals surface area contributed by atoms with E-state index in [0.717, 1.165) is 15.7 Å². The molecule has 0 fully saturated rings. The number of para-hydroxylation sites is 1. The van der Waals surface area contributed by atoms with Crippen molar-refractivity contribution < 1.29 is 14.3 Å². The molecule has 0 radical (unpaired) electrons. The fourth-order valence-corrected chi connectivity index (χ4v) is 2.51. The Morgan fingerprint density at radius 3 is 2.54 bits per heavy atom. The van der Waals surface area contributed by atoms with E-state index in [9.17, 15) is 9.59 Å². The van der Waals surface area contributed by atoms with Crippen LogP contribution in [0.2, 0.25) is 0 Å². The zero-order chi connectivity index (χ0) is 17.5. The van der Waals surface area contributed by atoms with Gasteiger partial charge in [-0.1, -0.05) is 34.1 Å². The molecule has 24 heavy (non-hydrogen) atoms. The van der Waals surface area contributed by atoms with Crippen LogP contribution in [0.5, 0.6) is 5.75 Å². The lowest BCUT2D eigenvalue weighted by molar-refractivity contribution is -0.135. The third-order valence-electron chi connectivity index (χ3n) is 3.37. The zero-order valence-corrected chi connectivity index (χ0v) is 15.2. The number of carbonyl (C=O) groups excluding carboxylic acids is 2. The van der Waals surface area contributed by atoms with Gasteiger partial charge >= 0.3 is 0 Å². The minimum Gasteiger partial charge on any atom is -0.484 e. The number of nitrogens with one attached hydrogen (secondary N) is 1. The van der Waals surface area contributed by atoms with Crippen molar-refractivity contribution in [3.63, 3.8) is 0 Å². The minimum absolute atomic E-state index is 0.0352. The summed E-state index contributed by atoms with van der Waals surface area (Å²) in [5.41, 5.74) is 1.67. The number of hydrogen-bond acceptors (Lipinski definition) is 3. The molecular weight excluding hydrogens is 372 g/mol. The third kappa shape index (κ3) is 5.38. The van der Waals surface area contributed by atoms with Crippen molar-refractivity contribution in [1.29, 1.82) is 0 Å².